The number of rotatable bonds is 7. The second-order valence-corrected chi connectivity index (χ2v) is 14.4. The third-order valence-electron chi connectivity index (χ3n) is 11.1. The lowest BCUT2D eigenvalue weighted by Gasteiger charge is -2.31. The summed E-state index contributed by atoms with van der Waals surface area (Å²) in [6.07, 6.45) is 0. The third-order valence-corrected chi connectivity index (χ3v) is 11.1. The van der Waals surface area contributed by atoms with Gasteiger partial charge < -0.3 is 13.7 Å². The van der Waals surface area contributed by atoms with Gasteiger partial charge in [0.2, 0.25) is 0 Å². The van der Waals surface area contributed by atoms with Crippen LogP contribution in [0.5, 0.6) is 0 Å². The molecule has 11 aromatic rings. The number of benzene rings is 9. The molecule has 0 spiro atoms. The SMILES string of the molecule is c1ccc(-c2ccccc2-c2c(-c3ccccc3)cccc2N(c2ccc3c(c2)oc2ccccc23)c2ccccc2-c2cccc3c2oc2ccccc23)cc1. The predicted molar refractivity (Wildman–Crippen MR) is 237 cm³/mol. The van der Waals surface area contributed by atoms with Gasteiger partial charge in [0.1, 0.15) is 22.3 Å². The lowest BCUT2D eigenvalue weighted by Crippen LogP contribution is -2.13. The van der Waals surface area contributed by atoms with Gasteiger partial charge in [-0.3, -0.25) is 0 Å². The summed E-state index contributed by atoms with van der Waals surface area (Å²) in [7, 11) is 0. The van der Waals surface area contributed by atoms with E-state index >= 15 is 0 Å². The average molecular weight is 730 g/mol. The van der Waals surface area contributed by atoms with Crippen LogP contribution in [0.1, 0.15) is 0 Å². The molecule has 0 fully saturated rings. The minimum atomic E-state index is 0.834. The van der Waals surface area contributed by atoms with E-state index in [1.54, 1.807) is 0 Å². The first-order valence-corrected chi connectivity index (χ1v) is 19.3. The number of furan rings is 2. The molecule has 0 radical (unpaired) electrons. The monoisotopic (exact) mass is 729 g/mol. The summed E-state index contributed by atoms with van der Waals surface area (Å²) in [5.41, 5.74) is 15.5. The van der Waals surface area contributed by atoms with Gasteiger partial charge in [0, 0.05) is 50.0 Å². The molecular weight excluding hydrogens is 695 g/mol. The predicted octanol–water partition coefficient (Wildman–Crippen LogP) is 15.6. The minimum absolute atomic E-state index is 0.834. The molecule has 0 aliphatic heterocycles. The van der Waals surface area contributed by atoms with Crippen LogP contribution in [0, 0.1) is 0 Å². The van der Waals surface area contributed by atoms with Crippen molar-refractivity contribution < 1.29 is 8.83 Å². The van der Waals surface area contributed by atoms with Crippen molar-refractivity contribution in [1.82, 2.24) is 0 Å². The Bertz CT molecular complexity index is 3250. The van der Waals surface area contributed by atoms with Gasteiger partial charge in [-0.25, -0.2) is 0 Å². The van der Waals surface area contributed by atoms with E-state index in [1.165, 1.54) is 0 Å². The van der Waals surface area contributed by atoms with Gasteiger partial charge in [-0.2, -0.15) is 0 Å². The Hall–Kier alpha value is -7.62. The number of nitrogens with zero attached hydrogens (tertiary/aromatic N) is 1. The summed E-state index contributed by atoms with van der Waals surface area (Å²) in [5, 5.41) is 4.39. The number of para-hydroxylation sites is 4. The fourth-order valence-electron chi connectivity index (χ4n) is 8.56. The Labute approximate surface area is 330 Å². The average Bonchev–Trinajstić information content (AvgIpc) is 3.86. The molecule has 2 aromatic heterocycles. The largest absolute Gasteiger partial charge is 0.456 e. The van der Waals surface area contributed by atoms with E-state index in [9.17, 15) is 0 Å². The van der Waals surface area contributed by atoms with E-state index in [2.05, 4.69) is 193 Å². The topological polar surface area (TPSA) is 29.5 Å². The summed E-state index contributed by atoms with van der Waals surface area (Å²) in [4.78, 5) is 2.41. The molecule has 57 heavy (non-hydrogen) atoms. The van der Waals surface area contributed by atoms with Crippen LogP contribution in [-0.4, -0.2) is 0 Å². The van der Waals surface area contributed by atoms with Crippen LogP contribution in [0.2, 0.25) is 0 Å². The van der Waals surface area contributed by atoms with Crippen molar-refractivity contribution in [2.45, 2.75) is 0 Å². The zero-order valence-corrected chi connectivity index (χ0v) is 31.0. The van der Waals surface area contributed by atoms with E-state index in [-0.39, 0.29) is 0 Å². The molecule has 0 atom stereocenters. The Morgan fingerprint density at radius 3 is 1.58 bits per heavy atom. The Kier molecular flexibility index (Phi) is 7.82. The fourth-order valence-corrected chi connectivity index (χ4v) is 8.56. The van der Waals surface area contributed by atoms with E-state index in [0.717, 1.165) is 105 Å². The van der Waals surface area contributed by atoms with Gasteiger partial charge in [-0.1, -0.05) is 170 Å². The van der Waals surface area contributed by atoms with Crippen molar-refractivity contribution >= 4 is 60.9 Å². The van der Waals surface area contributed by atoms with Crippen LogP contribution in [0.25, 0.3) is 88.4 Å². The highest BCUT2D eigenvalue weighted by molar-refractivity contribution is 6.12. The normalized spacial score (nSPS) is 11.5. The summed E-state index contributed by atoms with van der Waals surface area (Å²) < 4.78 is 13.2. The fraction of sp³-hybridized carbons (Fsp3) is 0. The lowest BCUT2D eigenvalue weighted by atomic mass is 9.87. The molecular formula is C54H35NO2. The molecule has 0 aliphatic carbocycles. The van der Waals surface area contributed by atoms with Crippen LogP contribution < -0.4 is 4.90 Å². The van der Waals surface area contributed by atoms with Crippen LogP contribution in [0.15, 0.2) is 221 Å². The lowest BCUT2D eigenvalue weighted by molar-refractivity contribution is 0.669. The summed E-state index contributed by atoms with van der Waals surface area (Å²) in [6.45, 7) is 0. The molecule has 0 unspecified atom stereocenters. The minimum Gasteiger partial charge on any atom is -0.456 e. The molecule has 0 saturated heterocycles. The number of anilines is 3. The molecule has 0 saturated carbocycles. The molecule has 9 aromatic carbocycles. The first kappa shape index (κ1) is 32.8. The van der Waals surface area contributed by atoms with Crippen LogP contribution in [0.4, 0.5) is 17.1 Å². The van der Waals surface area contributed by atoms with Crippen LogP contribution in [-0.2, 0) is 0 Å². The van der Waals surface area contributed by atoms with Crippen molar-refractivity contribution in [2.75, 3.05) is 4.90 Å². The Morgan fingerprint density at radius 1 is 0.298 bits per heavy atom. The molecule has 0 aliphatic rings. The smallest absolute Gasteiger partial charge is 0.143 e. The van der Waals surface area contributed by atoms with E-state index < -0.39 is 0 Å². The second-order valence-electron chi connectivity index (χ2n) is 14.4. The van der Waals surface area contributed by atoms with Gasteiger partial charge in [0.25, 0.3) is 0 Å². The molecule has 3 nitrogen and oxygen atoms in total. The van der Waals surface area contributed by atoms with Crippen molar-refractivity contribution in [3.8, 4) is 44.5 Å². The van der Waals surface area contributed by atoms with Crippen molar-refractivity contribution in [2.24, 2.45) is 0 Å². The third kappa shape index (κ3) is 5.51. The molecule has 268 valence electrons. The zero-order chi connectivity index (χ0) is 37.7. The molecule has 0 N–H and O–H groups in total. The van der Waals surface area contributed by atoms with Crippen molar-refractivity contribution in [3.63, 3.8) is 0 Å². The Balaban J connectivity index is 1.24. The Morgan fingerprint density at radius 2 is 0.807 bits per heavy atom. The summed E-state index contributed by atoms with van der Waals surface area (Å²) in [6, 6.07) is 75.2. The van der Waals surface area contributed by atoms with Gasteiger partial charge in [-0.15, -0.1) is 0 Å². The first-order chi connectivity index (χ1) is 28.3. The van der Waals surface area contributed by atoms with Gasteiger partial charge in [0.15, 0.2) is 0 Å². The van der Waals surface area contributed by atoms with Gasteiger partial charge in [-0.05, 0) is 64.2 Å². The molecule has 0 amide bonds. The van der Waals surface area contributed by atoms with Crippen LogP contribution >= 0.6 is 0 Å². The van der Waals surface area contributed by atoms with E-state index in [0.29, 0.717) is 0 Å². The maximum absolute atomic E-state index is 6.68. The van der Waals surface area contributed by atoms with Crippen molar-refractivity contribution in [1.29, 1.82) is 0 Å². The van der Waals surface area contributed by atoms with E-state index in [4.69, 9.17) is 8.83 Å². The zero-order valence-electron chi connectivity index (χ0n) is 31.0. The van der Waals surface area contributed by atoms with Crippen molar-refractivity contribution in [3.05, 3.63) is 212 Å². The maximum Gasteiger partial charge on any atom is 0.143 e. The first-order valence-electron chi connectivity index (χ1n) is 19.3. The maximum atomic E-state index is 6.68. The number of hydrogen-bond acceptors (Lipinski definition) is 3. The van der Waals surface area contributed by atoms with Crippen LogP contribution in [0.3, 0.4) is 0 Å². The molecule has 3 heteroatoms. The molecule has 0 bridgehead atoms. The molecule has 2 heterocycles. The summed E-state index contributed by atoms with van der Waals surface area (Å²) >= 11 is 0. The highest BCUT2D eigenvalue weighted by Crippen LogP contribution is 2.51. The number of hydrogen-bond donors (Lipinski definition) is 0. The van der Waals surface area contributed by atoms with E-state index in [1.807, 2.05) is 24.3 Å². The van der Waals surface area contributed by atoms with Gasteiger partial charge >= 0.3 is 0 Å². The molecule has 11 rings (SSSR count). The second kappa shape index (κ2) is 13.6. The quantitative estimate of drug-likeness (QED) is 0.164. The van der Waals surface area contributed by atoms with Gasteiger partial charge in [0.05, 0.1) is 11.4 Å². The highest BCUT2D eigenvalue weighted by Gasteiger charge is 2.26. The number of fused-ring (bicyclic) bond motifs is 6. The summed E-state index contributed by atoms with van der Waals surface area (Å²) in [5.74, 6) is 0. The standard InChI is InChI=1S/C54H35NO2/c1-3-17-36(18-4-1)39-21-7-8-25-45(39)53-40(37-19-5-2-6-20-37)26-16-30-49(53)55(38-33-34-44-42-23-10-13-31-50(42)56-52(44)35-38)48-29-12-9-22-41(48)46-27-15-28-47-43-24-11-14-32-51(43)57-54(46)47/h1-35H. The highest BCUT2D eigenvalue weighted by atomic mass is 16.3.